The maximum atomic E-state index is 12.1. The molecule has 2 aromatic heterocycles. The van der Waals surface area contributed by atoms with Crippen molar-refractivity contribution in [3.05, 3.63) is 35.0 Å². The smallest absolute Gasteiger partial charge is 0.254 e. The Morgan fingerprint density at radius 3 is 2.73 bits per heavy atom. The number of benzene rings is 1. The van der Waals surface area contributed by atoms with Crippen LogP contribution in [0.4, 0.5) is 11.6 Å². The third kappa shape index (κ3) is 2.42. The predicted octanol–water partition coefficient (Wildman–Crippen LogP) is 2.00. The summed E-state index contributed by atoms with van der Waals surface area (Å²) in [7, 11) is 0. The predicted molar refractivity (Wildman–Crippen MR) is 99.6 cm³/mol. The van der Waals surface area contributed by atoms with Crippen LogP contribution in [0, 0.1) is 13.8 Å². The van der Waals surface area contributed by atoms with Gasteiger partial charge < -0.3 is 21.9 Å². The summed E-state index contributed by atoms with van der Waals surface area (Å²) in [4.78, 5) is 21.1. The highest BCUT2D eigenvalue weighted by atomic mass is 16.3. The van der Waals surface area contributed by atoms with Crippen molar-refractivity contribution in [3.63, 3.8) is 0 Å². The number of hydrogen-bond acceptors (Lipinski definition) is 6. The molecule has 3 aromatic rings. The Hall–Kier alpha value is -3.29. The van der Waals surface area contributed by atoms with Gasteiger partial charge in [-0.1, -0.05) is 6.07 Å². The highest BCUT2D eigenvalue weighted by Gasteiger charge is 2.26. The molecule has 134 valence electrons. The number of fused-ring (bicyclic) bond motifs is 1. The fraction of sp³-hybridized carbons (Fsp3) is 0.278. The second-order valence-electron chi connectivity index (χ2n) is 6.68. The first kappa shape index (κ1) is 16.2. The standard InChI is InChI=1S/C18H20N6O2/c1-8-3-6-11(25)9(2)15(8)24-16(19)13(17(20)26)14-18(24)21-7-12(23-14)22-10-4-5-10/h3,6-7,10,25H,4-5,19H2,1-2H3,(H2,20,26)(H,22,23). The van der Waals surface area contributed by atoms with Gasteiger partial charge in [0.15, 0.2) is 5.65 Å². The molecule has 4 rings (SSSR count). The number of aryl methyl sites for hydroxylation is 1. The van der Waals surface area contributed by atoms with Gasteiger partial charge in [-0.05, 0) is 38.3 Å². The molecule has 26 heavy (non-hydrogen) atoms. The molecule has 1 fully saturated rings. The lowest BCUT2D eigenvalue weighted by Gasteiger charge is -2.15. The molecule has 0 unspecified atom stereocenters. The summed E-state index contributed by atoms with van der Waals surface area (Å²) in [6, 6.07) is 3.80. The Morgan fingerprint density at radius 2 is 2.08 bits per heavy atom. The summed E-state index contributed by atoms with van der Waals surface area (Å²) in [6.45, 7) is 3.68. The summed E-state index contributed by atoms with van der Waals surface area (Å²) in [5.41, 5.74) is 14.9. The number of primary amides is 1. The number of nitrogen functional groups attached to an aromatic ring is 1. The molecular formula is C18H20N6O2. The maximum Gasteiger partial charge on any atom is 0.254 e. The van der Waals surface area contributed by atoms with Gasteiger partial charge in [0.25, 0.3) is 5.91 Å². The van der Waals surface area contributed by atoms with Crippen molar-refractivity contribution < 1.29 is 9.90 Å². The van der Waals surface area contributed by atoms with Gasteiger partial charge in [0.2, 0.25) is 0 Å². The third-order valence-corrected chi connectivity index (χ3v) is 4.70. The van der Waals surface area contributed by atoms with Crippen molar-refractivity contribution in [1.29, 1.82) is 0 Å². The minimum Gasteiger partial charge on any atom is -0.508 e. The number of aromatic nitrogens is 3. The number of carbonyl (C=O) groups is 1. The lowest BCUT2D eigenvalue weighted by Crippen LogP contribution is -2.14. The van der Waals surface area contributed by atoms with Crippen LogP contribution in [0.25, 0.3) is 16.9 Å². The first-order chi connectivity index (χ1) is 12.4. The van der Waals surface area contributed by atoms with E-state index in [9.17, 15) is 9.90 Å². The van der Waals surface area contributed by atoms with Crippen LogP contribution in [-0.4, -0.2) is 31.6 Å². The first-order valence-corrected chi connectivity index (χ1v) is 8.41. The number of hydrogen-bond donors (Lipinski definition) is 4. The van der Waals surface area contributed by atoms with Crippen LogP contribution >= 0.6 is 0 Å². The molecule has 1 amide bonds. The first-order valence-electron chi connectivity index (χ1n) is 8.41. The topological polar surface area (TPSA) is 132 Å². The molecule has 6 N–H and O–H groups in total. The zero-order valence-electron chi connectivity index (χ0n) is 14.6. The molecule has 1 saturated carbocycles. The normalized spacial score (nSPS) is 13.9. The van der Waals surface area contributed by atoms with Crippen molar-refractivity contribution in [1.82, 2.24) is 14.5 Å². The molecule has 8 nitrogen and oxygen atoms in total. The number of nitrogens with one attached hydrogen (secondary N) is 1. The average molecular weight is 352 g/mol. The number of anilines is 2. The van der Waals surface area contributed by atoms with Gasteiger partial charge in [0, 0.05) is 11.6 Å². The van der Waals surface area contributed by atoms with E-state index >= 15 is 0 Å². The zero-order chi connectivity index (χ0) is 18.6. The van der Waals surface area contributed by atoms with Gasteiger partial charge in [0.05, 0.1) is 11.9 Å². The van der Waals surface area contributed by atoms with Gasteiger partial charge in [-0.3, -0.25) is 9.36 Å². The summed E-state index contributed by atoms with van der Waals surface area (Å²) in [5, 5.41) is 13.4. The number of nitrogens with zero attached hydrogens (tertiary/aromatic N) is 3. The molecular weight excluding hydrogens is 332 g/mol. The Morgan fingerprint density at radius 1 is 1.35 bits per heavy atom. The molecule has 0 radical (unpaired) electrons. The van der Waals surface area contributed by atoms with Crippen LogP contribution in [0.1, 0.15) is 34.3 Å². The Kier molecular flexibility index (Phi) is 3.50. The third-order valence-electron chi connectivity index (χ3n) is 4.70. The van der Waals surface area contributed by atoms with E-state index in [-0.39, 0.29) is 17.1 Å². The van der Waals surface area contributed by atoms with E-state index in [1.807, 2.05) is 6.92 Å². The molecule has 8 heteroatoms. The minimum absolute atomic E-state index is 0.132. The average Bonchev–Trinajstić information content (AvgIpc) is 3.35. The fourth-order valence-corrected chi connectivity index (χ4v) is 3.21. The van der Waals surface area contributed by atoms with E-state index in [2.05, 4.69) is 15.3 Å². The number of nitrogens with two attached hydrogens (primary N) is 2. The Balaban J connectivity index is 2.03. The molecule has 0 saturated heterocycles. The maximum absolute atomic E-state index is 12.1. The monoisotopic (exact) mass is 352 g/mol. The fourth-order valence-electron chi connectivity index (χ4n) is 3.21. The number of amides is 1. The number of phenols is 1. The van der Waals surface area contributed by atoms with E-state index < -0.39 is 5.91 Å². The van der Waals surface area contributed by atoms with Gasteiger partial charge in [0.1, 0.15) is 28.5 Å². The van der Waals surface area contributed by atoms with Crippen molar-refractivity contribution in [2.75, 3.05) is 11.1 Å². The minimum atomic E-state index is -0.667. The largest absolute Gasteiger partial charge is 0.508 e. The van der Waals surface area contributed by atoms with Crippen LogP contribution in [0.15, 0.2) is 18.3 Å². The molecule has 1 aromatic carbocycles. The van der Waals surface area contributed by atoms with Crippen molar-refractivity contribution >= 4 is 28.7 Å². The van der Waals surface area contributed by atoms with Crippen LogP contribution in [0.2, 0.25) is 0 Å². The molecule has 0 spiro atoms. The Bertz CT molecular complexity index is 1050. The second-order valence-corrected chi connectivity index (χ2v) is 6.68. The molecule has 1 aliphatic rings. The number of aromatic hydroxyl groups is 1. The number of rotatable bonds is 4. The zero-order valence-corrected chi connectivity index (χ0v) is 14.6. The van der Waals surface area contributed by atoms with E-state index in [1.54, 1.807) is 29.8 Å². The lowest BCUT2D eigenvalue weighted by atomic mass is 10.1. The van der Waals surface area contributed by atoms with Crippen LogP contribution in [0.3, 0.4) is 0 Å². The SMILES string of the molecule is Cc1ccc(O)c(C)c1-n1c(N)c(C(N)=O)c2nc(NC3CC3)cnc21. The van der Waals surface area contributed by atoms with Crippen LogP contribution in [0.5, 0.6) is 5.75 Å². The quantitative estimate of drug-likeness (QED) is 0.568. The summed E-state index contributed by atoms with van der Waals surface area (Å²) in [5.74, 6) is 0.212. The number of phenolic OH excluding ortho intramolecular Hbond substituents is 1. The molecule has 0 bridgehead atoms. The van der Waals surface area contributed by atoms with Crippen LogP contribution in [-0.2, 0) is 0 Å². The molecule has 0 atom stereocenters. The molecule has 2 heterocycles. The van der Waals surface area contributed by atoms with E-state index in [4.69, 9.17) is 11.5 Å². The number of carbonyl (C=O) groups excluding carboxylic acids is 1. The lowest BCUT2D eigenvalue weighted by molar-refractivity contribution is 0.100. The molecule has 1 aliphatic carbocycles. The van der Waals surface area contributed by atoms with E-state index in [0.717, 1.165) is 18.4 Å². The summed E-state index contributed by atoms with van der Waals surface area (Å²) in [6.07, 6.45) is 3.80. The van der Waals surface area contributed by atoms with E-state index in [0.29, 0.717) is 34.3 Å². The van der Waals surface area contributed by atoms with Gasteiger partial charge >= 0.3 is 0 Å². The van der Waals surface area contributed by atoms with Gasteiger partial charge in [-0.2, -0.15) is 0 Å². The van der Waals surface area contributed by atoms with E-state index in [1.165, 1.54) is 0 Å². The summed E-state index contributed by atoms with van der Waals surface area (Å²) >= 11 is 0. The highest BCUT2D eigenvalue weighted by molar-refractivity contribution is 6.09. The van der Waals surface area contributed by atoms with Crippen LogP contribution < -0.4 is 16.8 Å². The van der Waals surface area contributed by atoms with Crippen molar-refractivity contribution in [3.8, 4) is 11.4 Å². The Labute approximate surface area is 149 Å². The van der Waals surface area contributed by atoms with Crippen molar-refractivity contribution in [2.24, 2.45) is 5.73 Å². The summed E-state index contributed by atoms with van der Waals surface area (Å²) < 4.78 is 1.63. The van der Waals surface area contributed by atoms with Crippen molar-refractivity contribution in [2.45, 2.75) is 32.7 Å². The highest BCUT2D eigenvalue weighted by Crippen LogP contribution is 2.35. The van der Waals surface area contributed by atoms with Gasteiger partial charge in [-0.25, -0.2) is 9.97 Å². The second kappa shape index (κ2) is 5.62. The molecule has 0 aliphatic heterocycles. The van der Waals surface area contributed by atoms with Gasteiger partial charge in [-0.15, -0.1) is 0 Å².